The molecule has 0 aliphatic carbocycles. The Morgan fingerprint density at radius 1 is 1.44 bits per heavy atom. The average Bonchev–Trinajstić information content (AvgIpc) is 2.56. The number of nitrogens with zero attached hydrogens (tertiary/aromatic N) is 2. The summed E-state index contributed by atoms with van der Waals surface area (Å²) in [5.74, 6) is 0.580. The summed E-state index contributed by atoms with van der Waals surface area (Å²) < 4.78 is 1.90. The van der Waals surface area contributed by atoms with Gasteiger partial charge in [-0.25, -0.2) is 0 Å². The van der Waals surface area contributed by atoms with E-state index in [0.717, 1.165) is 18.7 Å². The van der Waals surface area contributed by atoms with Crippen molar-refractivity contribution in [1.82, 2.24) is 9.78 Å². The largest absolute Gasteiger partial charge is 0.323 e. The van der Waals surface area contributed by atoms with Crippen LogP contribution in [0.1, 0.15) is 59.2 Å². The monoisotopic (exact) mass is 271 g/mol. The van der Waals surface area contributed by atoms with Gasteiger partial charge in [-0.3, -0.25) is 4.68 Å². The molecule has 0 saturated heterocycles. The van der Waals surface area contributed by atoms with E-state index in [1.807, 2.05) is 4.68 Å². The predicted octanol–water partition coefficient (Wildman–Crippen LogP) is 4.02. The third-order valence-corrected chi connectivity index (χ3v) is 3.39. The lowest BCUT2D eigenvalue weighted by atomic mass is 9.82. The molecule has 2 N–H and O–H groups in total. The van der Waals surface area contributed by atoms with Crippen LogP contribution in [0.2, 0.25) is 5.02 Å². The number of aryl methyl sites for hydroxylation is 1. The molecule has 0 radical (unpaired) electrons. The topological polar surface area (TPSA) is 43.8 Å². The molecule has 18 heavy (non-hydrogen) atoms. The summed E-state index contributed by atoms with van der Waals surface area (Å²) in [5, 5.41) is 4.93. The Morgan fingerprint density at radius 2 is 2.06 bits per heavy atom. The predicted molar refractivity (Wildman–Crippen MR) is 77.7 cm³/mol. The highest BCUT2D eigenvalue weighted by atomic mass is 35.5. The smallest absolute Gasteiger partial charge is 0.0834 e. The standard InChI is InChI=1S/C14H26ClN3/c1-6-18-13(11(15)9-17-18)12(16)7-10(2)8-14(3,4)5/h9-10,12H,6-8,16H2,1-5H3. The number of rotatable bonds is 5. The van der Waals surface area contributed by atoms with E-state index in [1.54, 1.807) is 6.20 Å². The fourth-order valence-electron chi connectivity index (χ4n) is 2.67. The molecule has 0 spiro atoms. The fraction of sp³-hybridized carbons (Fsp3) is 0.786. The number of hydrogen-bond donors (Lipinski definition) is 1. The van der Waals surface area contributed by atoms with Crippen LogP contribution in [0.4, 0.5) is 0 Å². The van der Waals surface area contributed by atoms with E-state index in [1.165, 1.54) is 6.42 Å². The first-order chi connectivity index (χ1) is 8.24. The van der Waals surface area contributed by atoms with Gasteiger partial charge in [0.05, 0.1) is 16.9 Å². The molecule has 2 unspecified atom stereocenters. The summed E-state index contributed by atoms with van der Waals surface area (Å²) in [6.07, 6.45) is 3.80. The zero-order valence-electron chi connectivity index (χ0n) is 12.2. The summed E-state index contributed by atoms with van der Waals surface area (Å²) >= 11 is 6.17. The Kier molecular flexibility index (Phi) is 5.23. The maximum absolute atomic E-state index is 6.29. The Bertz CT molecular complexity index is 379. The average molecular weight is 272 g/mol. The molecule has 4 heteroatoms. The lowest BCUT2D eigenvalue weighted by Gasteiger charge is -2.25. The molecule has 1 aromatic rings. The molecule has 0 aromatic carbocycles. The summed E-state index contributed by atoms with van der Waals surface area (Å²) in [6.45, 7) is 11.9. The van der Waals surface area contributed by atoms with Crippen LogP contribution in [-0.2, 0) is 6.54 Å². The Morgan fingerprint density at radius 3 is 2.56 bits per heavy atom. The van der Waals surface area contributed by atoms with Crippen molar-refractivity contribution in [3.63, 3.8) is 0 Å². The second-order valence-corrected chi connectivity index (χ2v) is 6.81. The van der Waals surface area contributed by atoms with E-state index in [0.29, 0.717) is 16.4 Å². The zero-order chi connectivity index (χ0) is 13.9. The van der Waals surface area contributed by atoms with Gasteiger partial charge in [-0.15, -0.1) is 0 Å². The van der Waals surface area contributed by atoms with Gasteiger partial charge in [-0.1, -0.05) is 39.3 Å². The molecule has 2 atom stereocenters. The van der Waals surface area contributed by atoms with E-state index < -0.39 is 0 Å². The second-order valence-electron chi connectivity index (χ2n) is 6.41. The van der Waals surface area contributed by atoms with Crippen LogP contribution in [0.25, 0.3) is 0 Å². The third kappa shape index (κ3) is 4.29. The number of halogens is 1. The van der Waals surface area contributed by atoms with Crippen LogP contribution in [-0.4, -0.2) is 9.78 Å². The van der Waals surface area contributed by atoms with Gasteiger partial charge >= 0.3 is 0 Å². The molecule has 0 fully saturated rings. The summed E-state index contributed by atoms with van der Waals surface area (Å²) in [6, 6.07) is -0.0303. The van der Waals surface area contributed by atoms with Crippen molar-refractivity contribution in [3.8, 4) is 0 Å². The van der Waals surface area contributed by atoms with Crippen LogP contribution in [0.15, 0.2) is 6.20 Å². The van der Waals surface area contributed by atoms with Gasteiger partial charge in [0, 0.05) is 12.6 Å². The van der Waals surface area contributed by atoms with Gasteiger partial charge in [0.2, 0.25) is 0 Å². The second kappa shape index (κ2) is 6.07. The molecule has 3 nitrogen and oxygen atoms in total. The van der Waals surface area contributed by atoms with Crippen molar-refractivity contribution >= 4 is 11.6 Å². The SMILES string of the molecule is CCn1ncc(Cl)c1C(N)CC(C)CC(C)(C)C. The minimum atomic E-state index is -0.0303. The highest BCUT2D eigenvalue weighted by Crippen LogP contribution is 2.31. The van der Waals surface area contributed by atoms with Crippen LogP contribution >= 0.6 is 11.6 Å². The highest BCUT2D eigenvalue weighted by Gasteiger charge is 2.21. The Hall–Kier alpha value is -0.540. The Balaban J connectivity index is 2.70. The van der Waals surface area contributed by atoms with Crippen molar-refractivity contribution in [2.75, 3.05) is 0 Å². The summed E-state index contributed by atoms with van der Waals surface area (Å²) in [5.41, 5.74) is 7.60. The maximum atomic E-state index is 6.29. The molecule has 0 aliphatic heterocycles. The molecule has 104 valence electrons. The van der Waals surface area contributed by atoms with Gasteiger partial charge in [-0.2, -0.15) is 5.10 Å². The normalized spacial score (nSPS) is 15.7. The van der Waals surface area contributed by atoms with Crippen molar-refractivity contribution in [3.05, 3.63) is 16.9 Å². The molecule has 0 amide bonds. The van der Waals surface area contributed by atoms with Gasteiger partial charge in [0.1, 0.15) is 0 Å². The van der Waals surface area contributed by atoms with Crippen molar-refractivity contribution < 1.29 is 0 Å². The minimum absolute atomic E-state index is 0.0303. The van der Waals surface area contributed by atoms with Crippen molar-refractivity contribution in [2.24, 2.45) is 17.1 Å². The fourth-order valence-corrected chi connectivity index (χ4v) is 2.95. The van der Waals surface area contributed by atoms with E-state index in [9.17, 15) is 0 Å². The molecule has 0 bridgehead atoms. The van der Waals surface area contributed by atoms with Gasteiger partial charge in [-0.05, 0) is 31.1 Å². The summed E-state index contributed by atoms with van der Waals surface area (Å²) in [4.78, 5) is 0. The molecular formula is C14H26ClN3. The number of aromatic nitrogens is 2. The van der Waals surface area contributed by atoms with E-state index in [2.05, 4.69) is 39.7 Å². The van der Waals surface area contributed by atoms with Crippen LogP contribution < -0.4 is 5.73 Å². The lowest BCUT2D eigenvalue weighted by molar-refractivity contribution is 0.284. The first kappa shape index (κ1) is 15.5. The van der Waals surface area contributed by atoms with E-state index >= 15 is 0 Å². The van der Waals surface area contributed by atoms with Crippen molar-refractivity contribution in [1.29, 1.82) is 0 Å². The molecule has 0 aliphatic rings. The van der Waals surface area contributed by atoms with Crippen LogP contribution in [0.3, 0.4) is 0 Å². The van der Waals surface area contributed by atoms with E-state index in [4.69, 9.17) is 17.3 Å². The number of hydrogen-bond acceptors (Lipinski definition) is 2. The van der Waals surface area contributed by atoms with Crippen LogP contribution in [0, 0.1) is 11.3 Å². The summed E-state index contributed by atoms with van der Waals surface area (Å²) in [7, 11) is 0. The van der Waals surface area contributed by atoms with Crippen molar-refractivity contribution in [2.45, 2.75) is 60.0 Å². The highest BCUT2D eigenvalue weighted by molar-refractivity contribution is 6.31. The minimum Gasteiger partial charge on any atom is -0.323 e. The van der Waals surface area contributed by atoms with E-state index in [-0.39, 0.29) is 6.04 Å². The van der Waals surface area contributed by atoms with Gasteiger partial charge in [0.25, 0.3) is 0 Å². The molecule has 1 aromatic heterocycles. The zero-order valence-corrected chi connectivity index (χ0v) is 13.0. The number of nitrogens with two attached hydrogens (primary N) is 1. The molecule has 0 saturated carbocycles. The van der Waals surface area contributed by atoms with Crippen LogP contribution in [0.5, 0.6) is 0 Å². The third-order valence-electron chi connectivity index (χ3n) is 3.10. The van der Waals surface area contributed by atoms with Gasteiger partial charge in [0.15, 0.2) is 0 Å². The molecule has 1 rings (SSSR count). The molecular weight excluding hydrogens is 246 g/mol. The maximum Gasteiger partial charge on any atom is 0.0834 e. The molecule has 1 heterocycles. The lowest BCUT2D eigenvalue weighted by Crippen LogP contribution is -2.21. The Labute approximate surface area is 116 Å². The first-order valence-electron chi connectivity index (χ1n) is 6.71. The quantitative estimate of drug-likeness (QED) is 0.879. The first-order valence-corrected chi connectivity index (χ1v) is 7.09. The van der Waals surface area contributed by atoms with Gasteiger partial charge < -0.3 is 5.73 Å².